The van der Waals surface area contributed by atoms with Crippen LogP contribution in [-0.2, 0) is 11.4 Å². The Hall–Kier alpha value is -4.66. The lowest BCUT2D eigenvalue weighted by atomic mass is 10.1. The van der Waals surface area contributed by atoms with E-state index in [1.807, 2.05) is 0 Å². The second-order valence-electron chi connectivity index (χ2n) is 7.17. The fraction of sp³-hybridized carbons (Fsp3) is 0.120. The van der Waals surface area contributed by atoms with E-state index in [2.05, 4.69) is 15.8 Å². The van der Waals surface area contributed by atoms with Crippen molar-refractivity contribution in [3.63, 3.8) is 0 Å². The Morgan fingerprint density at radius 2 is 1.74 bits per heavy atom. The molecule has 0 aromatic heterocycles. The van der Waals surface area contributed by atoms with Gasteiger partial charge in [-0.05, 0) is 59.7 Å². The Morgan fingerprint density at radius 3 is 2.47 bits per heavy atom. The average molecular weight is 461 g/mol. The van der Waals surface area contributed by atoms with E-state index in [4.69, 9.17) is 14.6 Å². The summed E-state index contributed by atoms with van der Waals surface area (Å²) in [6.07, 6.45) is 1.46. The van der Waals surface area contributed by atoms with Gasteiger partial charge in [-0.15, -0.1) is 0 Å². The second-order valence-corrected chi connectivity index (χ2v) is 7.17. The lowest BCUT2D eigenvalue weighted by molar-refractivity contribution is -0.114. The highest BCUT2D eigenvalue weighted by Gasteiger charge is 2.09. The summed E-state index contributed by atoms with van der Waals surface area (Å²) in [5.41, 5.74) is 4.84. The fourth-order valence-corrected chi connectivity index (χ4v) is 3.01. The molecule has 0 spiro atoms. The molecule has 0 saturated carbocycles. The molecular weight excluding hydrogens is 438 g/mol. The molecule has 3 aromatic carbocycles. The molecule has 2 amide bonds. The van der Waals surface area contributed by atoms with E-state index in [0.29, 0.717) is 33.9 Å². The van der Waals surface area contributed by atoms with Crippen LogP contribution in [0.1, 0.15) is 38.8 Å². The molecule has 3 rings (SSSR count). The van der Waals surface area contributed by atoms with Crippen molar-refractivity contribution >= 4 is 29.7 Å². The Morgan fingerprint density at radius 1 is 0.971 bits per heavy atom. The maximum atomic E-state index is 12.3. The van der Waals surface area contributed by atoms with E-state index in [0.717, 1.165) is 0 Å². The van der Waals surface area contributed by atoms with Gasteiger partial charge in [0, 0.05) is 18.2 Å². The Bertz CT molecular complexity index is 1240. The first-order valence-electron chi connectivity index (χ1n) is 10.2. The van der Waals surface area contributed by atoms with Gasteiger partial charge in [-0.25, -0.2) is 10.2 Å². The number of anilines is 1. The summed E-state index contributed by atoms with van der Waals surface area (Å²) in [6, 6.07) is 18.1. The summed E-state index contributed by atoms with van der Waals surface area (Å²) >= 11 is 0. The largest absolute Gasteiger partial charge is 0.493 e. The maximum Gasteiger partial charge on any atom is 0.335 e. The molecule has 0 aliphatic carbocycles. The van der Waals surface area contributed by atoms with Gasteiger partial charge in [0.1, 0.15) is 6.61 Å². The third-order valence-corrected chi connectivity index (χ3v) is 4.58. The minimum atomic E-state index is -1.00. The summed E-state index contributed by atoms with van der Waals surface area (Å²) in [5, 5.41) is 15.7. The van der Waals surface area contributed by atoms with E-state index in [1.54, 1.807) is 60.7 Å². The average Bonchev–Trinajstić information content (AvgIpc) is 2.83. The van der Waals surface area contributed by atoms with Crippen LogP contribution < -0.4 is 20.2 Å². The highest BCUT2D eigenvalue weighted by Crippen LogP contribution is 2.28. The minimum absolute atomic E-state index is 0.165. The number of aromatic carboxylic acids is 1. The van der Waals surface area contributed by atoms with Crippen LogP contribution in [0.5, 0.6) is 11.5 Å². The molecule has 0 bridgehead atoms. The Balaban J connectivity index is 1.63. The predicted molar refractivity (Wildman–Crippen MR) is 127 cm³/mol. The summed E-state index contributed by atoms with van der Waals surface area (Å²) in [7, 11) is 1.50. The third-order valence-electron chi connectivity index (χ3n) is 4.58. The first-order chi connectivity index (χ1) is 16.4. The lowest BCUT2D eigenvalue weighted by Gasteiger charge is -2.11. The Labute approximate surface area is 196 Å². The zero-order chi connectivity index (χ0) is 24.5. The number of nitrogens with one attached hydrogen (secondary N) is 2. The molecule has 9 nitrogen and oxygen atoms in total. The summed E-state index contributed by atoms with van der Waals surface area (Å²) in [6.45, 7) is 1.55. The highest BCUT2D eigenvalue weighted by molar-refractivity contribution is 5.97. The number of carbonyl (C=O) groups excluding carboxylic acids is 2. The maximum absolute atomic E-state index is 12.3. The van der Waals surface area contributed by atoms with Crippen molar-refractivity contribution in [2.45, 2.75) is 13.5 Å². The van der Waals surface area contributed by atoms with Gasteiger partial charge in [0.25, 0.3) is 5.91 Å². The van der Waals surface area contributed by atoms with Gasteiger partial charge in [-0.1, -0.05) is 18.2 Å². The first kappa shape index (κ1) is 24.0. The summed E-state index contributed by atoms with van der Waals surface area (Å²) < 4.78 is 11.2. The Kier molecular flexibility index (Phi) is 7.96. The predicted octanol–water partition coefficient (Wildman–Crippen LogP) is 3.69. The number of ether oxygens (including phenoxy) is 2. The minimum Gasteiger partial charge on any atom is -0.493 e. The number of nitrogens with zero attached hydrogens (tertiary/aromatic N) is 1. The number of hydrazone groups is 1. The summed E-state index contributed by atoms with van der Waals surface area (Å²) in [5.74, 6) is -0.743. The van der Waals surface area contributed by atoms with E-state index in [1.165, 1.54) is 26.3 Å². The van der Waals surface area contributed by atoms with Crippen LogP contribution in [0.15, 0.2) is 71.8 Å². The van der Waals surface area contributed by atoms with Crippen molar-refractivity contribution < 1.29 is 29.0 Å². The molecule has 3 aromatic rings. The van der Waals surface area contributed by atoms with Gasteiger partial charge in [0.2, 0.25) is 5.91 Å². The molecular formula is C25H23N3O6. The van der Waals surface area contributed by atoms with Crippen molar-refractivity contribution in [1.82, 2.24) is 5.43 Å². The molecule has 3 N–H and O–H groups in total. The smallest absolute Gasteiger partial charge is 0.335 e. The fourth-order valence-electron chi connectivity index (χ4n) is 3.01. The van der Waals surface area contributed by atoms with Gasteiger partial charge in [0.05, 0.1) is 18.9 Å². The number of benzene rings is 3. The topological polar surface area (TPSA) is 126 Å². The van der Waals surface area contributed by atoms with Crippen molar-refractivity contribution in [3.8, 4) is 11.5 Å². The normalized spacial score (nSPS) is 10.5. The molecule has 0 fully saturated rings. The first-order valence-corrected chi connectivity index (χ1v) is 10.2. The lowest BCUT2D eigenvalue weighted by Crippen LogP contribution is -2.18. The molecule has 0 atom stereocenters. The monoisotopic (exact) mass is 461 g/mol. The molecule has 0 heterocycles. The standard InChI is InChI=1S/C25H23N3O6/c1-16(29)27-21-8-4-6-19(13-21)24(30)28-26-14-17-9-10-22(23(12-17)33-2)34-15-18-5-3-7-20(11-18)25(31)32/h3-14H,15H2,1-2H3,(H,27,29)(H,28,30)(H,31,32). The van der Waals surface area contributed by atoms with Crippen molar-refractivity contribution in [2.24, 2.45) is 5.10 Å². The van der Waals surface area contributed by atoms with E-state index in [-0.39, 0.29) is 18.1 Å². The quantitative estimate of drug-likeness (QED) is 0.330. The van der Waals surface area contributed by atoms with Crippen LogP contribution in [-0.4, -0.2) is 36.2 Å². The van der Waals surface area contributed by atoms with Crippen LogP contribution in [0.25, 0.3) is 0 Å². The van der Waals surface area contributed by atoms with Crippen LogP contribution in [0.3, 0.4) is 0 Å². The third kappa shape index (κ3) is 6.67. The molecule has 174 valence electrons. The van der Waals surface area contributed by atoms with E-state index in [9.17, 15) is 14.4 Å². The number of methoxy groups -OCH3 is 1. The van der Waals surface area contributed by atoms with E-state index >= 15 is 0 Å². The zero-order valence-corrected chi connectivity index (χ0v) is 18.6. The van der Waals surface area contributed by atoms with Gasteiger partial charge < -0.3 is 19.9 Å². The number of carbonyl (C=O) groups is 3. The molecule has 0 saturated heterocycles. The summed E-state index contributed by atoms with van der Waals surface area (Å²) in [4.78, 5) is 34.6. The molecule has 0 unspecified atom stereocenters. The number of hydrogen-bond donors (Lipinski definition) is 3. The number of carboxylic acid groups (broad SMARTS) is 1. The second kappa shape index (κ2) is 11.3. The van der Waals surface area contributed by atoms with Gasteiger partial charge in [-0.3, -0.25) is 9.59 Å². The number of amides is 2. The van der Waals surface area contributed by atoms with Gasteiger partial charge >= 0.3 is 5.97 Å². The molecule has 0 aliphatic heterocycles. The van der Waals surface area contributed by atoms with Crippen molar-refractivity contribution in [3.05, 3.63) is 89.0 Å². The molecule has 9 heteroatoms. The van der Waals surface area contributed by atoms with Gasteiger partial charge in [0.15, 0.2) is 11.5 Å². The van der Waals surface area contributed by atoms with Crippen molar-refractivity contribution in [1.29, 1.82) is 0 Å². The van der Waals surface area contributed by atoms with Crippen LogP contribution in [0.4, 0.5) is 5.69 Å². The molecule has 0 radical (unpaired) electrons. The van der Waals surface area contributed by atoms with Gasteiger partial charge in [-0.2, -0.15) is 5.10 Å². The zero-order valence-electron chi connectivity index (χ0n) is 18.6. The SMILES string of the molecule is COc1cc(C=NNC(=O)c2cccc(NC(C)=O)c2)ccc1OCc1cccc(C(=O)O)c1. The van der Waals surface area contributed by atoms with Crippen LogP contribution in [0, 0.1) is 0 Å². The number of hydrogen-bond acceptors (Lipinski definition) is 6. The number of rotatable bonds is 9. The highest BCUT2D eigenvalue weighted by atomic mass is 16.5. The van der Waals surface area contributed by atoms with Crippen LogP contribution >= 0.6 is 0 Å². The van der Waals surface area contributed by atoms with Crippen LogP contribution in [0.2, 0.25) is 0 Å². The number of carboxylic acids is 1. The van der Waals surface area contributed by atoms with E-state index < -0.39 is 11.9 Å². The van der Waals surface area contributed by atoms with Crippen molar-refractivity contribution in [2.75, 3.05) is 12.4 Å². The molecule has 0 aliphatic rings. The molecule has 34 heavy (non-hydrogen) atoms.